The van der Waals surface area contributed by atoms with Crippen molar-refractivity contribution in [3.05, 3.63) is 39.9 Å². The van der Waals surface area contributed by atoms with Gasteiger partial charge in [-0.2, -0.15) is 0 Å². The summed E-state index contributed by atoms with van der Waals surface area (Å²) >= 11 is 0. The summed E-state index contributed by atoms with van der Waals surface area (Å²) in [5.41, 5.74) is 0.250. The third-order valence-electron chi connectivity index (χ3n) is 3.43. The Balaban J connectivity index is 2.38. The largest absolute Gasteiger partial charge is 0.394 e. The quantitative estimate of drug-likeness (QED) is 0.599. The number of aliphatic hydroxyl groups is 1. The Bertz CT molecular complexity index is 643. The first-order valence-corrected chi connectivity index (χ1v) is 8.52. The van der Waals surface area contributed by atoms with Gasteiger partial charge in [-0.05, 0) is 12.1 Å². The number of benzene rings is 1. The van der Waals surface area contributed by atoms with Gasteiger partial charge in [-0.25, -0.2) is 8.42 Å². The summed E-state index contributed by atoms with van der Waals surface area (Å²) in [5, 5.41) is 19.9. The fraction of sp³-hybridized carbons (Fsp3) is 0.538. The van der Waals surface area contributed by atoms with E-state index in [1.807, 2.05) is 0 Å². The van der Waals surface area contributed by atoms with Gasteiger partial charge in [0, 0.05) is 23.4 Å². The average Bonchev–Trinajstić information content (AvgIpc) is 2.91. The summed E-state index contributed by atoms with van der Waals surface area (Å²) in [6.45, 7) is 1.25. The molecule has 1 aliphatic heterocycles. The van der Waals surface area contributed by atoms with E-state index < -0.39 is 32.4 Å². The molecule has 1 aliphatic rings. The number of nitro benzene ring substituents is 1. The van der Waals surface area contributed by atoms with Crippen LogP contribution in [-0.2, 0) is 25.1 Å². The molecule has 0 aromatic heterocycles. The zero-order chi connectivity index (χ0) is 16.4. The number of non-ortho nitro benzene ring substituents is 1. The average molecular weight is 331 g/mol. The molecule has 0 spiro atoms. The maximum Gasteiger partial charge on any atom is 0.269 e. The Labute approximate surface area is 127 Å². The van der Waals surface area contributed by atoms with E-state index >= 15 is 0 Å². The van der Waals surface area contributed by atoms with Gasteiger partial charge in [0.1, 0.15) is 11.9 Å². The highest BCUT2D eigenvalue weighted by molar-refractivity contribution is 7.91. The molecule has 2 rings (SSSR count). The molecule has 1 heterocycles. The highest BCUT2D eigenvalue weighted by atomic mass is 32.2. The Morgan fingerprint density at radius 1 is 1.41 bits per heavy atom. The lowest BCUT2D eigenvalue weighted by atomic mass is 10.1. The molecule has 1 aromatic rings. The van der Waals surface area contributed by atoms with Gasteiger partial charge in [-0.15, -0.1) is 0 Å². The summed E-state index contributed by atoms with van der Waals surface area (Å²) in [5.74, 6) is -2.04. The number of rotatable bonds is 6. The maximum absolute atomic E-state index is 12.0. The number of nitro groups is 1. The number of hydrogen-bond donors (Lipinski definition) is 1. The van der Waals surface area contributed by atoms with Crippen molar-refractivity contribution in [1.82, 2.24) is 0 Å². The molecular formula is C13H17NO7S. The number of aliphatic hydroxyl groups excluding tert-OH is 1. The van der Waals surface area contributed by atoms with Crippen molar-refractivity contribution in [2.45, 2.75) is 18.8 Å². The molecule has 1 fully saturated rings. The molecule has 1 N–H and O–H groups in total. The summed E-state index contributed by atoms with van der Waals surface area (Å²) in [4.78, 5) is 10.2. The topological polar surface area (TPSA) is 116 Å². The van der Waals surface area contributed by atoms with E-state index in [4.69, 9.17) is 9.47 Å². The maximum atomic E-state index is 12.0. The molecule has 2 atom stereocenters. The van der Waals surface area contributed by atoms with Crippen LogP contribution in [0.4, 0.5) is 5.69 Å². The van der Waals surface area contributed by atoms with Crippen molar-refractivity contribution < 1.29 is 27.9 Å². The molecule has 2 unspecified atom stereocenters. The van der Waals surface area contributed by atoms with E-state index in [0.717, 1.165) is 0 Å². The molecule has 8 nitrogen and oxygen atoms in total. The van der Waals surface area contributed by atoms with Crippen LogP contribution in [0.3, 0.4) is 0 Å². The minimum Gasteiger partial charge on any atom is -0.394 e. The van der Waals surface area contributed by atoms with Gasteiger partial charge >= 0.3 is 0 Å². The smallest absolute Gasteiger partial charge is 0.269 e. The van der Waals surface area contributed by atoms with Crippen molar-refractivity contribution in [1.29, 1.82) is 0 Å². The van der Waals surface area contributed by atoms with Crippen molar-refractivity contribution in [2.24, 2.45) is 0 Å². The Hall–Kier alpha value is -1.55. The van der Waals surface area contributed by atoms with Crippen LogP contribution < -0.4 is 0 Å². The van der Waals surface area contributed by atoms with Gasteiger partial charge in [0.25, 0.3) is 5.69 Å². The fourth-order valence-corrected chi connectivity index (χ4v) is 3.30. The molecule has 122 valence electrons. The van der Waals surface area contributed by atoms with Crippen LogP contribution in [-0.4, -0.2) is 49.3 Å². The van der Waals surface area contributed by atoms with Gasteiger partial charge in [-0.1, -0.05) is 6.92 Å². The third-order valence-corrected chi connectivity index (χ3v) is 5.13. The van der Waals surface area contributed by atoms with Gasteiger partial charge in [0.05, 0.1) is 18.1 Å². The molecule has 0 amide bonds. The highest BCUT2D eigenvalue weighted by Gasteiger charge is 2.46. The van der Waals surface area contributed by atoms with Gasteiger partial charge in [0.2, 0.25) is 5.79 Å². The third kappa shape index (κ3) is 3.43. The first-order valence-electron chi connectivity index (χ1n) is 6.70. The molecule has 0 aliphatic carbocycles. The van der Waals surface area contributed by atoms with Crippen LogP contribution >= 0.6 is 0 Å². The minimum atomic E-state index is -3.43. The molecule has 9 heteroatoms. The van der Waals surface area contributed by atoms with E-state index in [1.165, 1.54) is 31.2 Å². The van der Waals surface area contributed by atoms with Crippen LogP contribution in [0.1, 0.15) is 12.5 Å². The summed E-state index contributed by atoms with van der Waals surface area (Å²) < 4.78 is 35.1. The van der Waals surface area contributed by atoms with Crippen LogP contribution in [0, 0.1) is 10.1 Å². The lowest BCUT2D eigenvalue weighted by Gasteiger charge is -2.28. The van der Waals surface area contributed by atoms with Gasteiger partial charge in [-0.3, -0.25) is 10.1 Å². The van der Waals surface area contributed by atoms with E-state index in [1.54, 1.807) is 0 Å². The second kappa shape index (κ2) is 6.29. The van der Waals surface area contributed by atoms with Crippen molar-refractivity contribution in [3.63, 3.8) is 0 Å². The molecular weight excluding hydrogens is 314 g/mol. The van der Waals surface area contributed by atoms with Crippen LogP contribution in [0.15, 0.2) is 24.3 Å². The molecule has 1 aromatic carbocycles. The molecule has 0 saturated carbocycles. The molecule has 1 saturated heterocycles. The van der Waals surface area contributed by atoms with Gasteiger partial charge < -0.3 is 14.6 Å². The standard InChI is InChI=1S/C13H17NO7S/c1-2-22(18,19)9-13(20-8-12(7-15)21-13)10-3-5-11(6-4-10)14(16)17/h3-6,12,15H,2,7-9H2,1H3. The van der Waals surface area contributed by atoms with E-state index in [-0.39, 0.29) is 24.7 Å². The lowest BCUT2D eigenvalue weighted by Crippen LogP contribution is -2.37. The lowest BCUT2D eigenvalue weighted by molar-refractivity contribution is -0.384. The Morgan fingerprint density at radius 3 is 2.50 bits per heavy atom. The Kier molecular flexibility index (Phi) is 4.81. The van der Waals surface area contributed by atoms with Gasteiger partial charge in [0.15, 0.2) is 9.84 Å². The number of ether oxygens (including phenoxy) is 2. The summed E-state index contributed by atoms with van der Waals surface area (Å²) in [6.07, 6.45) is -0.637. The zero-order valence-electron chi connectivity index (χ0n) is 12.0. The number of hydrogen-bond acceptors (Lipinski definition) is 7. The van der Waals surface area contributed by atoms with Crippen LogP contribution in [0.2, 0.25) is 0 Å². The normalized spacial score (nSPS) is 25.3. The monoisotopic (exact) mass is 331 g/mol. The first kappa shape index (κ1) is 16.8. The highest BCUT2D eigenvalue weighted by Crippen LogP contribution is 2.36. The number of nitrogens with zero attached hydrogens (tertiary/aromatic N) is 1. The molecule has 22 heavy (non-hydrogen) atoms. The predicted molar refractivity (Wildman–Crippen MR) is 77.0 cm³/mol. The van der Waals surface area contributed by atoms with E-state index in [9.17, 15) is 23.6 Å². The SMILES string of the molecule is CCS(=O)(=O)CC1(c2ccc([N+](=O)[O-])cc2)OCC(CO)O1. The van der Waals surface area contributed by atoms with E-state index in [2.05, 4.69) is 0 Å². The molecule has 0 radical (unpaired) electrons. The predicted octanol–water partition coefficient (Wildman–Crippen LogP) is 0.590. The first-order chi connectivity index (χ1) is 10.3. The Morgan fingerprint density at radius 2 is 2.05 bits per heavy atom. The van der Waals surface area contributed by atoms with Crippen molar-refractivity contribution >= 4 is 15.5 Å². The van der Waals surface area contributed by atoms with Crippen LogP contribution in [0.5, 0.6) is 0 Å². The molecule has 0 bridgehead atoms. The minimum absolute atomic E-state index is 0.0483. The fourth-order valence-electron chi connectivity index (χ4n) is 2.19. The second-order valence-electron chi connectivity index (χ2n) is 4.97. The van der Waals surface area contributed by atoms with Crippen molar-refractivity contribution in [2.75, 3.05) is 24.7 Å². The zero-order valence-corrected chi connectivity index (χ0v) is 12.8. The van der Waals surface area contributed by atoms with Crippen molar-refractivity contribution in [3.8, 4) is 0 Å². The van der Waals surface area contributed by atoms with Crippen LogP contribution in [0.25, 0.3) is 0 Å². The summed E-state index contributed by atoms with van der Waals surface area (Å²) in [6, 6.07) is 5.33. The number of sulfone groups is 1. The second-order valence-corrected chi connectivity index (χ2v) is 7.32. The summed E-state index contributed by atoms with van der Waals surface area (Å²) in [7, 11) is -3.43. The van der Waals surface area contributed by atoms with E-state index in [0.29, 0.717) is 5.56 Å².